The van der Waals surface area contributed by atoms with Gasteiger partial charge in [0.25, 0.3) is 0 Å². The Balaban J connectivity index is 2.39. The lowest BCUT2D eigenvalue weighted by atomic mass is 10.2. The number of ether oxygens (including phenoxy) is 2. The average Bonchev–Trinajstić information content (AvgIpc) is 2.33. The zero-order valence-corrected chi connectivity index (χ0v) is 11.6. The minimum atomic E-state index is 0.487. The summed E-state index contributed by atoms with van der Waals surface area (Å²) in [6, 6.07) is 8.01. The highest BCUT2D eigenvalue weighted by Crippen LogP contribution is 2.14. The first kappa shape index (κ1) is 14.2. The Morgan fingerprint density at radius 3 is 3.00 bits per heavy atom. The molecular weight excluding hydrogens is 282 g/mol. The SMILES string of the molecule is C=C(Br)COc1cccc(CNCCOC)c1. The monoisotopic (exact) mass is 299 g/mol. The van der Waals surface area contributed by atoms with Gasteiger partial charge in [-0.3, -0.25) is 0 Å². The van der Waals surface area contributed by atoms with Crippen LogP contribution in [0, 0.1) is 0 Å². The molecule has 0 saturated heterocycles. The summed E-state index contributed by atoms with van der Waals surface area (Å²) in [5.74, 6) is 0.858. The quantitative estimate of drug-likeness (QED) is 0.749. The second kappa shape index (κ2) is 8.28. The second-order valence-corrected chi connectivity index (χ2v) is 4.74. The molecule has 0 saturated carbocycles. The van der Waals surface area contributed by atoms with Crippen LogP contribution in [0.3, 0.4) is 0 Å². The number of rotatable bonds is 8. The van der Waals surface area contributed by atoms with Gasteiger partial charge in [0, 0.05) is 24.7 Å². The summed E-state index contributed by atoms with van der Waals surface area (Å²) in [5.41, 5.74) is 1.19. The van der Waals surface area contributed by atoms with Crippen molar-refractivity contribution in [2.45, 2.75) is 6.54 Å². The van der Waals surface area contributed by atoms with Crippen molar-refractivity contribution in [3.63, 3.8) is 0 Å². The van der Waals surface area contributed by atoms with Gasteiger partial charge >= 0.3 is 0 Å². The number of halogens is 1. The topological polar surface area (TPSA) is 30.5 Å². The molecule has 1 aromatic carbocycles. The van der Waals surface area contributed by atoms with Crippen molar-refractivity contribution in [1.82, 2.24) is 5.32 Å². The Labute approximate surface area is 111 Å². The first-order valence-corrected chi connectivity index (χ1v) is 6.26. The van der Waals surface area contributed by atoms with E-state index in [4.69, 9.17) is 9.47 Å². The first-order chi connectivity index (χ1) is 8.22. The number of hydrogen-bond acceptors (Lipinski definition) is 3. The molecular formula is C13H18BrNO2. The van der Waals surface area contributed by atoms with E-state index in [1.807, 2.05) is 18.2 Å². The van der Waals surface area contributed by atoms with Crippen LogP contribution in [0.5, 0.6) is 5.75 Å². The number of benzene rings is 1. The van der Waals surface area contributed by atoms with Gasteiger partial charge in [0.2, 0.25) is 0 Å². The normalized spacial score (nSPS) is 10.2. The van der Waals surface area contributed by atoms with Crippen LogP contribution >= 0.6 is 15.9 Å². The van der Waals surface area contributed by atoms with Crippen molar-refractivity contribution in [2.75, 3.05) is 26.9 Å². The predicted molar refractivity (Wildman–Crippen MR) is 73.6 cm³/mol. The Kier molecular flexibility index (Phi) is 6.93. The van der Waals surface area contributed by atoms with Gasteiger partial charge < -0.3 is 14.8 Å². The van der Waals surface area contributed by atoms with Gasteiger partial charge in [0.15, 0.2) is 0 Å². The third-order valence-corrected chi connectivity index (χ3v) is 2.33. The molecule has 0 spiro atoms. The molecule has 0 bridgehead atoms. The Bertz CT molecular complexity index is 355. The molecule has 1 N–H and O–H groups in total. The minimum absolute atomic E-state index is 0.487. The lowest BCUT2D eigenvalue weighted by molar-refractivity contribution is 0.199. The molecule has 0 unspecified atom stereocenters. The molecule has 1 rings (SSSR count). The molecule has 0 aliphatic carbocycles. The molecule has 4 heteroatoms. The summed E-state index contributed by atoms with van der Waals surface area (Å²) in [6.07, 6.45) is 0. The molecule has 94 valence electrons. The van der Waals surface area contributed by atoms with Gasteiger partial charge in [-0.2, -0.15) is 0 Å². The molecule has 0 fully saturated rings. The summed E-state index contributed by atoms with van der Waals surface area (Å²) in [6.45, 7) is 6.60. The third-order valence-electron chi connectivity index (χ3n) is 2.11. The molecule has 0 heterocycles. The van der Waals surface area contributed by atoms with E-state index in [1.165, 1.54) is 5.56 Å². The van der Waals surface area contributed by atoms with Crippen LogP contribution in [0.2, 0.25) is 0 Å². The van der Waals surface area contributed by atoms with Gasteiger partial charge in [-0.05, 0) is 17.7 Å². The minimum Gasteiger partial charge on any atom is -0.488 e. The molecule has 0 atom stereocenters. The molecule has 0 aliphatic heterocycles. The van der Waals surface area contributed by atoms with E-state index >= 15 is 0 Å². The Morgan fingerprint density at radius 1 is 1.47 bits per heavy atom. The van der Waals surface area contributed by atoms with Crippen LogP contribution in [0.25, 0.3) is 0 Å². The van der Waals surface area contributed by atoms with Crippen LogP contribution < -0.4 is 10.1 Å². The smallest absolute Gasteiger partial charge is 0.120 e. The standard InChI is InChI=1S/C13H18BrNO2/c1-11(14)10-17-13-5-3-4-12(8-13)9-15-6-7-16-2/h3-5,8,15H,1,6-7,9-10H2,2H3. The van der Waals surface area contributed by atoms with Crippen LogP contribution in [0.4, 0.5) is 0 Å². The summed E-state index contributed by atoms with van der Waals surface area (Å²) >= 11 is 3.26. The average molecular weight is 300 g/mol. The fraction of sp³-hybridized carbons (Fsp3) is 0.385. The number of hydrogen-bond donors (Lipinski definition) is 1. The van der Waals surface area contributed by atoms with Gasteiger partial charge in [-0.1, -0.05) is 34.6 Å². The molecule has 17 heavy (non-hydrogen) atoms. The van der Waals surface area contributed by atoms with Crippen LogP contribution in [0.15, 0.2) is 35.3 Å². The summed E-state index contributed by atoms with van der Waals surface area (Å²) in [7, 11) is 1.70. The molecule has 0 radical (unpaired) electrons. The highest BCUT2D eigenvalue weighted by molar-refractivity contribution is 9.11. The van der Waals surface area contributed by atoms with Crippen molar-refractivity contribution < 1.29 is 9.47 Å². The van der Waals surface area contributed by atoms with Gasteiger partial charge in [-0.15, -0.1) is 0 Å². The van der Waals surface area contributed by atoms with Crippen molar-refractivity contribution >= 4 is 15.9 Å². The zero-order chi connectivity index (χ0) is 12.5. The molecule has 0 amide bonds. The van der Waals surface area contributed by atoms with E-state index in [0.29, 0.717) is 6.61 Å². The molecule has 1 aromatic rings. The number of methoxy groups -OCH3 is 1. The summed E-state index contributed by atoms with van der Waals surface area (Å²) < 4.78 is 11.3. The fourth-order valence-electron chi connectivity index (χ4n) is 1.31. The maximum atomic E-state index is 5.54. The van der Waals surface area contributed by atoms with Crippen molar-refractivity contribution in [1.29, 1.82) is 0 Å². The van der Waals surface area contributed by atoms with Crippen LogP contribution in [0.1, 0.15) is 5.56 Å². The summed E-state index contributed by atoms with van der Waals surface area (Å²) in [4.78, 5) is 0. The van der Waals surface area contributed by atoms with Crippen LogP contribution in [-0.2, 0) is 11.3 Å². The summed E-state index contributed by atoms with van der Waals surface area (Å²) in [5, 5.41) is 3.29. The maximum absolute atomic E-state index is 5.54. The van der Waals surface area contributed by atoms with E-state index < -0.39 is 0 Å². The van der Waals surface area contributed by atoms with E-state index in [0.717, 1.165) is 29.9 Å². The largest absolute Gasteiger partial charge is 0.488 e. The highest BCUT2D eigenvalue weighted by atomic mass is 79.9. The lowest BCUT2D eigenvalue weighted by Crippen LogP contribution is -2.18. The van der Waals surface area contributed by atoms with Crippen molar-refractivity contribution in [3.05, 3.63) is 40.9 Å². The molecule has 0 aliphatic rings. The van der Waals surface area contributed by atoms with Crippen LogP contribution in [-0.4, -0.2) is 26.9 Å². The van der Waals surface area contributed by atoms with E-state index in [-0.39, 0.29) is 0 Å². The van der Waals surface area contributed by atoms with Crippen molar-refractivity contribution in [2.24, 2.45) is 0 Å². The van der Waals surface area contributed by atoms with E-state index in [2.05, 4.69) is 33.9 Å². The Hall–Kier alpha value is -0.840. The van der Waals surface area contributed by atoms with Gasteiger partial charge in [0.05, 0.1) is 6.61 Å². The Morgan fingerprint density at radius 2 is 2.29 bits per heavy atom. The lowest BCUT2D eigenvalue weighted by Gasteiger charge is -2.08. The fourth-order valence-corrected chi connectivity index (χ4v) is 1.43. The highest BCUT2D eigenvalue weighted by Gasteiger charge is 1.97. The molecule has 0 aromatic heterocycles. The van der Waals surface area contributed by atoms with E-state index in [9.17, 15) is 0 Å². The number of nitrogens with one attached hydrogen (secondary N) is 1. The van der Waals surface area contributed by atoms with Crippen molar-refractivity contribution in [3.8, 4) is 5.75 Å². The first-order valence-electron chi connectivity index (χ1n) is 5.47. The third kappa shape index (κ3) is 6.46. The maximum Gasteiger partial charge on any atom is 0.120 e. The predicted octanol–water partition coefficient (Wildman–Crippen LogP) is 2.71. The van der Waals surface area contributed by atoms with Gasteiger partial charge in [0.1, 0.15) is 12.4 Å². The van der Waals surface area contributed by atoms with Gasteiger partial charge in [-0.25, -0.2) is 0 Å². The van der Waals surface area contributed by atoms with E-state index in [1.54, 1.807) is 7.11 Å². The second-order valence-electron chi connectivity index (χ2n) is 3.62. The molecule has 3 nitrogen and oxygen atoms in total. The zero-order valence-electron chi connectivity index (χ0n) is 10.0.